The summed E-state index contributed by atoms with van der Waals surface area (Å²) in [7, 11) is 0. The minimum Gasteiger partial charge on any atom is -0.274 e. The number of halogens is 3. The van der Waals surface area contributed by atoms with E-state index in [1.807, 2.05) is 12.1 Å². The van der Waals surface area contributed by atoms with Crippen LogP contribution in [0.15, 0.2) is 71.8 Å². The van der Waals surface area contributed by atoms with E-state index in [-0.39, 0.29) is 0 Å². The molecule has 0 unspecified atom stereocenters. The van der Waals surface area contributed by atoms with Gasteiger partial charge in [-0.25, -0.2) is 4.68 Å². The van der Waals surface area contributed by atoms with Crippen LogP contribution in [0.25, 0.3) is 5.69 Å². The van der Waals surface area contributed by atoms with Gasteiger partial charge in [-0.15, -0.1) is 0 Å². The molecule has 0 bridgehead atoms. The zero-order valence-electron chi connectivity index (χ0n) is 12.9. The highest BCUT2D eigenvalue weighted by atomic mass is 32.2. The van der Waals surface area contributed by atoms with Crippen LogP contribution in [0.2, 0.25) is 0 Å². The molecule has 1 aromatic heterocycles. The van der Waals surface area contributed by atoms with Gasteiger partial charge in [-0.1, -0.05) is 35.9 Å². The molecule has 0 aliphatic carbocycles. The van der Waals surface area contributed by atoms with E-state index in [1.165, 1.54) is 28.4 Å². The van der Waals surface area contributed by atoms with Crippen LogP contribution in [0.3, 0.4) is 0 Å². The first kappa shape index (κ1) is 18.1. The summed E-state index contributed by atoms with van der Waals surface area (Å²) in [4.78, 5) is 1.11. The number of alkyl halides is 3. The molecule has 0 fully saturated rings. The van der Waals surface area contributed by atoms with E-state index < -0.39 is 11.9 Å². The summed E-state index contributed by atoms with van der Waals surface area (Å²) < 4.78 is 37.9. The normalized spacial score (nSPS) is 10.9. The van der Waals surface area contributed by atoms with Crippen molar-refractivity contribution in [3.8, 4) is 5.69 Å². The fourth-order valence-electron chi connectivity index (χ4n) is 1.82. The van der Waals surface area contributed by atoms with Crippen LogP contribution in [-0.2, 0) is 6.18 Å². The summed E-state index contributed by atoms with van der Waals surface area (Å²) in [6.07, 6.45) is -3.10. The Kier molecular flexibility index (Phi) is 6.05. The van der Waals surface area contributed by atoms with Crippen LogP contribution in [-0.4, -0.2) is 9.78 Å². The van der Waals surface area contributed by atoms with Gasteiger partial charge >= 0.3 is 6.18 Å². The van der Waals surface area contributed by atoms with Crippen molar-refractivity contribution in [2.45, 2.75) is 18.0 Å². The third-order valence-electron chi connectivity index (χ3n) is 3.06. The zero-order chi connectivity index (χ0) is 17.6. The molecule has 2 aromatic carbocycles. The molecule has 0 spiro atoms. The summed E-state index contributed by atoms with van der Waals surface area (Å²) in [6, 6.07) is 17.7. The molecule has 24 heavy (non-hydrogen) atoms. The lowest BCUT2D eigenvalue weighted by Gasteiger charge is -2.02. The molecule has 3 aromatic rings. The van der Waals surface area contributed by atoms with Gasteiger partial charge in [0.15, 0.2) is 5.69 Å². The Morgan fingerprint density at radius 1 is 0.958 bits per heavy atom. The van der Waals surface area contributed by atoms with Gasteiger partial charge in [0.1, 0.15) is 0 Å². The molecule has 0 aliphatic rings. The van der Waals surface area contributed by atoms with Crippen LogP contribution >= 0.6 is 11.9 Å². The highest BCUT2D eigenvalue weighted by Gasteiger charge is 2.33. The Bertz CT molecular complexity index is 753. The van der Waals surface area contributed by atoms with Gasteiger partial charge in [0, 0.05) is 11.1 Å². The zero-order valence-corrected chi connectivity index (χ0v) is 13.7. The number of benzene rings is 2. The van der Waals surface area contributed by atoms with Crippen molar-refractivity contribution in [3.63, 3.8) is 0 Å². The van der Waals surface area contributed by atoms with Gasteiger partial charge in [0.05, 0.1) is 5.69 Å². The molecule has 2 N–H and O–H groups in total. The number of nitrogens with zero attached hydrogens (tertiary/aromatic N) is 2. The van der Waals surface area contributed by atoms with Crippen molar-refractivity contribution in [2.75, 3.05) is 0 Å². The predicted molar refractivity (Wildman–Crippen MR) is 89.8 cm³/mol. The van der Waals surface area contributed by atoms with E-state index >= 15 is 0 Å². The number of hydrogen-bond donors (Lipinski definition) is 1. The fourth-order valence-corrected chi connectivity index (χ4v) is 2.11. The fraction of sp³-hybridized carbons (Fsp3) is 0.118. The Balaban J connectivity index is 0.000000198. The van der Waals surface area contributed by atoms with E-state index in [1.54, 1.807) is 30.3 Å². The van der Waals surface area contributed by atoms with E-state index in [0.29, 0.717) is 5.69 Å². The first-order valence-corrected chi connectivity index (χ1v) is 7.90. The SMILES string of the molecule is Cc1ccc(SN)cc1.FC(F)(F)c1ccn(-c2ccccc2)n1. The second kappa shape index (κ2) is 8.03. The number of aromatic nitrogens is 2. The molecule has 0 saturated heterocycles. The lowest BCUT2D eigenvalue weighted by Crippen LogP contribution is -2.07. The predicted octanol–water partition coefficient (Wildman–Crippen LogP) is 4.85. The Morgan fingerprint density at radius 2 is 1.58 bits per heavy atom. The van der Waals surface area contributed by atoms with Crippen molar-refractivity contribution >= 4 is 11.9 Å². The molecule has 0 atom stereocenters. The third-order valence-corrected chi connectivity index (χ3v) is 3.60. The highest BCUT2D eigenvalue weighted by Crippen LogP contribution is 2.27. The average molecular weight is 351 g/mol. The minimum atomic E-state index is -4.39. The quantitative estimate of drug-likeness (QED) is 0.671. The third kappa shape index (κ3) is 5.14. The second-order valence-electron chi connectivity index (χ2n) is 4.91. The van der Waals surface area contributed by atoms with Crippen LogP contribution < -0.4 is 5.14 Å². The molecule has 0 aliphatic heterocycles. The van der Waals surface area contributed by atoms with Crippen LogP contribution in [0, 0.1) is 6.92 Å². The lowest BCUT2D eigenvalue weighted by atomic mass is 10.2. The van der Waals surface area contributed by atoms with Crippen molar-refractivity contribution < 1.29 is 13.2 Å². The summed E-state index contributed by atoms with van der Waals surface area (Å²) in [5.74, 6) is 0. The molecule has 1 heterocycles. The molecule has 0 amide bonds. The van der Waals surface area contributed by atoms with Crippen LogP contribution in [0.5, 0.6) is 0 Å². The van der Waals surface area contributed by atoms with Crippen LogP contribution in [0.1, 0.15) is 11.3 Å². The van der Waals surface area contributed by atoms with Crippen molar-refractivity contribution in [2.24, 2.45) is 5.14 Å². The maximum absolute atomic E-state index is 12.2. The molecule has 0 radical (unpaired) electrons. The van der Waals surface area contributed by atoms with E-state index in [9.17, 15) is 13.2 Å². The van der Waals surface area contributed by atoms with Crippen molar-refractivity contribution in [1.82, 2.24) is 9.78 Å². The molecule has 126 valence electrons. The summed E-state index contributed by atoms with van der Waals surface area (Å²) in [5.41, 5.74) is 0.993. The number of nitrogens with two attached hydrogens (primary N) is 1. The largest absolute Gasteiger partial charge is 0.435 e. The minimum absolute atomic E-state index is 0.605. The summed E-state index contributed by atoms with van der Waals surface area (Å²) in [6.45, 7) is 2.06. The van der Waals surface area contributed by atoms with Gasteiger partial charge in [-0.05, 0) is 49.2 Å². The maximum Gasteiger partial charge on any atom is 0.435 e. The van der Waals surface area contributed by atoms with Crippen molar-refractivity contribution in [1.29, 1.82) is 0 Å². The van der Waals surface area contributed by atoms with Crippen molar-refractivity contribution in [3.05, 3.63) is 78.1 Å². The topological polar surface area (TPSA) is 43.8 Å². The average Bonchev–Trinajstić information content (AvgIpc) is 3.07. The lowest BCUT2D eigenvalue weighted by molar-refractivity contribution is -0.141. The molecule has 3 rings (SSSR count). The number of hydrogen-bond acceptors (Lipinski definition) is 3. The van der Waals surface area contributed by atoms with Gasteiger partial charge in [0.2, 0.25) is 0 Å². The van der Waals surface area contributed by atoms with E-state index in [4.69, 9.17) is 5.14 Å². The van der Waals surface area contributed by atoms with Gasteiger partial charge in [-0.3, -0.25) is 5.14 Å². The van der Waals surface area contributed by atoms with E-state index in [0.717, 1.165) is 11.0 Å². The van der Waals surface area contributed by atoms with Gasteiger partial charge in [-0.2, -0.15) is 18.3 Å². The molecular weight excluding hydrogens is 335 g/mol. The number of para-hydroxylation sites is 1. The second-order valence-corrected chi connectivity index (χ2v) is 5.62. The van der Waals surface area contributed by atoms with Crippen LogP contribution in [0.4, 0.5) is 13.2 Å². The Morgan fingerprint density at radius 3 is 2.08 bits per heavy atom. The maximum atomic E-state index is 12.2. The first-order chi connectivity index (χ1) is 11.4. The Labute approximate surface area is 142 Å². The molecule has 7 heteroatoms. The monoisotopic (exact) mass is 351 g/mol. The number of aryl methyl sites for hydroxylation is 1. The van der Waals surface area contributed by atoms with Gasteiger partial charge < -0.3 is 0 Å². The summed E-state index contributed by atoms with van der Waals surface area (Å²) >= 11 is 1.28. The van der Waals surface area contributed by atoms with Gasteiger partial charge in [0.25, 0.3) is 0 Å². The highest BCUT2D eigenvalue weighted by molar-refractivity contribution is 7.97. The first-order valence-electron chi connectivity index (χ1n) is 7.02. The molecule has 0 saturated carbocycles. The molecule has 3 nitrogen and oxygen atoms in total. The smallest absolute Gasteiger partial charge is 0.274 e. The van der Waals surface area contributed by atoms with E-state index in [2.05, 4.69) is 24.2 Å². The number of rotatable bonds is 2. The standard InChI is InChI=1S/C10H7F3N2.C7H9NS/c11-10(12,13)9-6-7-15(14-9)8-4-2-1-3-5-8;1-6-2-4-7(9-8)5-3-6/h1-7H;2-5H,8H2,1H3. The molecular formula is C17H16F3N3S. The Hall–Kier alpha value is -2.25. The summed E-state index contributed by atoms with van der Waals surface area (Å²) in [5, 5.41) is 8.76.